The molecule has 5 heteroatoms. The number of rotatable bonds is 3. The van der Waals surface area contributed by atoms with Crippen molar-refractivity contribution in [1.29, 1.82) is 0 Å². The largest absolute Gasteiger partial charge is 0.379 e. The first kappa shape index (κ1) is 11.1. The molecule has 2 rings (SSSR count). The Morgan fingerprint density at radius 1 is 1.50 bits per heavy atom. The summed E-state index contributed by atoms with van der Waals surface area (Å²) in [6, 6.07) is 7.12. The summed E-state index contributed by atoms with van der Waals surface area (Å²) in [5.74, 6) is -0.0832. The number of amides is 1. The smallest absolute Gasteiger partial charge is 0.253 e. The van der Waals surface area contributed by atoms with Crippen LogP contribution in [0.5, 0.6) is 0 Å². The number of ether oxygens (including phenoxy) is 1. The summed E-state index contributed by atoms with van der Waals surface area (Å²) < 4.78 is 4.95. The van der Waals surface area contributed by atoms with Crippen molar-refractivity contribution in [3.05, 3.63) is 29.3 Å². The predicted molar refractivity (Wildman–Crippen MR) is 62.9 cm³/mol. The van der Waals surface area contributed by atoms with Crippen molar-refractivity contribution < 1.29 is 9.53 Å². The summed E-state index contributed by atoms with van der Waals surface area (Å²) in [7, 11) is 1.57. The van der Waals surface area contributed by atoms with Crippen LogP contribution >= 0.6 is 11.6 Å². The Morgan fingerprint density at radius 2 is 2.25 bits per heavy atom. The van der Waals surface area contributed by atoms with E-state index >= 15 is 0 Å². The summed E-state index contributed by atoms with van der Waals surface area (Å²) in [6.45, 7) is 0.368. The molecule has 0 radical (unpaired) electrons. The van der Waals surface area contributed by atoms with E-state index in [0.717, 1.165) is 0 Å². The van der Waals surface area contributed by atoms with E-state index in [0.29, 0.717) is 29.4 Å². The van der Waals surface area contributed by atoms with E-state index in [9.17, 15) is 4.79 Å². The van der Waals surface area contributed by atoms with Crippen LogP contribution in [0, 0.1) is 0 Å². The molecule has 0 saturated heterocycles. The maximum Gasteiger partial charge on any atom is 0.253 e. The average molecular weight is 239 g/mol. The molecule has 1 amide bonds. The minimum Gasteiger partial charge on any atom is -0.379 e. The van der Waals surface area contributed by atoms with Gasteiger partial charge in [-0.25, -0.2) is 0 Å². The Kier molecular flexibility index (Phi) is 3.22. The molecule has 1 aromatic rings. The molecule has 16 heavy (non-hydrogen) atoms. The summed E-state index contributed by atoms with van der Waals surface area (Å²) in [6.07, 6.45) is 0.291. The monoisotopic (exact) mass is 238 g/mol. The van der Waals surface area contributed by atoms with Gasteiger partial charge in [0.25, 0.3) is 5.91 Å². The van der Waals surface area contributed by atoms with Crippen LogP contribution in [-0.4, -0.2) is 25.3 Å². The van der Waals surface area contributed by atoms with Crippen molar-refractivity contribution in [2.24, 2.45) is 5.10 Å². The summed E-state index contributed by atoms with van der Waals surface area (Å²) >= 11 is 6.00. The maximum absolute atomic E-state index is 11.7. The van der Waals surface area contributed by atoms with E-state index in [-0.39, 0.29) is 5.91 Å². The summed E-state index contributed by atoms with van der Waals surface area (Å²) in [5.41, 5.74) is 1.33. The number of hydrogen-bond donors (Lipinski definition) is 0. The van der Waals surface area contributed by atoms with Gasteiger partial charge in [0.2, 0.25) is 0 Å². The van der Waals surface area contributed by atoms with Crippen molar-refractivity contribution >= 4 is 28.9 Å². The Balaban J connectivity index is 2.28. The van der Waals surface area contributed by atoms with Crippen LogP contribution in [0.1, 0.15) is 6.42 Å². The fourth-order valence-corrected chi connectivity index (χ4v) is 1.76. The van der Waals surface area contributed by atoms with E-state index < -0.39 is 0 Å². The predicted octanol–water partition coefficient (Wildman–Crippen LogP) is 2.08. The van der Waals surface area contributed by atoms with Crippen LogP contribution < -0.4 is 5.01 Å². The molecule has 0 spiro atoms. The third kappa shape index (κ3) is 2.08. The molecule has 0 saturated carbocycles. The zero-order valence-corrected chi connectivity index (χ0v) is 9.57. The van der Waals surface area contributed by atoms with Gasteiger partial charge >= 0.3 is 0 Å². The number of nitrogens with zero attached hydrogens (tertiary/aromatic N) is 2. The Bertz CT molecular complexity index is 445. The Hall–Kier alpha value is -1.39. The number of para-hydroxylation sites is 1. The Morgan fingerprint density at radius 3 is 2.94 bits per heavy atom. The van der Waals surface area contributed by atoms with Crippen LogP contribution in [0.3, 0.4) is 0 Å². The molecular formula is C11H11ClN2O2. The highest BCUT2D eigenvalue weighted by Crippen LogP contribution is 2.28. The minimum atomic E-state index is -0.0832. The molecule has 0 atom stereocenters. The molecule has 1 heterocycles. The first-order valence-corrected chi connectivity index (χ1v) is 5.23. The van der Waals surface area contributed by atoms with Gasteiger partial charge in [0.1, 0.15) is 0 Å². The molecule has 1 aliphatic rings. The lowest BCUT2D eigenvalue weighted by Crippen LogP contribution is -2.19. The topological polar surface area (TPSA) is 41.9 Å². The minimum absolute atomic E-state index is 0.0832. The molecule has 0 fully saturated rings. The molecule has 1 aromatic carbocycles. The number of anilines is 1. The molecule has 0 unspecified atom stereocenters. The molecule has 0 aliphatic carbocycles. The average Bonchev–Trinajstić information content (AvgIpc) is 2.61. The fraction of sp³-hybridized carbons (Fsp3) is 0.273. The standard InChI is InChI=1S/C11H11ClN2O2/c1-16-7-8-6-11(15)14(13-8)10-5-3-2-4-9(10)12/h2-5H,6-7H2,1H3. The quantitative estimate of drug-likeness (QED) is 0.809. The van der Waals surface area contributed by atoms with Crippen LogP contribution in [0.4, 0.5) is 5.69 Å². The van der Waals surface area contributed by atoms with Gasteiger partial charge < -0.3 is 4.74 Å². The van der Waals surface area contributed by atoms with Crippen LogP contribution in [0.15, 0.2) is 29.4 Å². The number of hydrogen-bond acceptors (Lipinski definition) is 3. The van der Waals surface area contributed by atoms with E-state index in [1.807, 2.05) is 12.1 Å². The van der Waals surface area contributed by atoms with E-state index in [2.05, 4.69) is 5.10 Å². The highest BCUT2D eigenvalue weighted by Gasteiger charge is 2.26. The van der Waals surface area contributed by atoms with E-state index in [1.54, 1.807) is 19.2 Å². The first-order chi connectivity index (χ1) is 7.72. The third-order valence-corrected chi connectivity index (χ3v) is 2.54. The lowest BCUT2D eigenvalue weighted by molar-refractivity contribution is -0.116. The van der Waals surface area contributed by atoms with E-state index in [1.165, 1.54) is 5.01 Å². The highest BCUT2D eigenvalue weighted by atomic mass is 35.5. The summed E-state index contributed by atoms with van der Waals surface area (Å²) in [4.78, 5) is 11.7. The van der Waals surface area contributed by atoms with Gasteiger partial charge in [-0.05, 0) is 12.1 Å². The van der Waals surface area contributed by atoms with Crippen molar-refractivity contribution in [3.63, 3.8) is 0 Å². The second kappa shape index (κ2) is 4.63. The molecule has 84 valence electrons. The zero-order chi connectivity index (χ0) is 11.5. The van der Waals surface area contributed by atoms with Gasteiger partial charge in [-0.1, -0.05) is 23.7 Å². The van der Waals surface area contributed by atoms with Gasteiger partial charge in [0.05, 0.1) is 29.4 Å². The molecule has 4 nitrogen and oxygen atoms in total. The lowest BCUT2D eigenvalue weighted by atomic mass is 10.2. The zero-order valence-electron chi connectivity index (χ0n) is 8.81. The molecule has 1 aliphatic heterocycles. The highest BCUT2D eigenvalue weighted by molar-refractivity contribution is 6.34. The van der Waals surface area contributed by atoms with Crippen LogP contribution in [0.25, 0.3) is 0 Å². The third-order valence-electron chi connectivity index (χ3n) is 2.22. The number of carbonyl (C=O) groups is 1. The number of halogens is 1. The van der Waals surface area contributed by atoms with Crippen molar-refractivity contribution in [1.82, 2.24) is 0 Å². The van der Waals surface area contributed by atoms with Gasteiger partial charge in [0.15, 0.2) is 0 Å². The van der Waals surface area contributed by atoms with Gasteiger partial charge in [-0.3, -0.25) is 4.79 Å². The molecule has 0 bridgehead atoms. The maximum atomic E-state index is 11.7. The molecule has 0 aromatic heterocycles. The van der Waals surface area contributed by atoms with Crippen LogP contribution in [-0.2, 0) is 9.53 Å². The number of hydrazone groups is 1. The normalized spacial score (nSPS) is 15.5. The van der Waals surface area contributed by atoms with Gasteiger partial charge in [0, 0.05) is 7.11 Å². The van der Waals surface area contributed by atoms with E-state index in [4.69, 9.17) is 16.3 Å². The fourth-order valence-electron chi connectivity index (χ4n) is 1.54. The number of carbonyl (C=O) groups excluding carboxylic acids is 1. The number of benzene rings is 1. The van der Waals surface area contributed by atoms with Gasteiger partial charge in [-0.15, -0.1) is 0 Å². The second-order valence-electron chi connectivity index (χ2n) is 3.43. The SMILES string of the molecule is COCC1=NN(c2ccccc2Cl)C(=O)C1. The molecule has 0 N–H and O–H groups in total. The van der Waals surface area contributed by atoms with Crippen LogP contribution in [0.2, 0.25) is 5.02 Å². The lowest BCUT2D eigenvalue weighted by Gasteiger charge is -2.12. The van der Waals surface area contributed by atoms with Crippen molar-refractivity contribution in [3.8, 4) is 0 Å². The van der Waals surface area contributed by atoms with Crippen molar-refractivity contribution in [2.45, 2.75) is 6.42 Å². The van der Waals surface area contributed by atoms with Gasteiger partial charge in [-0.2, -0.15) is 10.1 Å². The summed E-state index contributed by atoms with van der Waals surface area (Å²) in [5, 5.41) is 6.02. The Labute approximate surface area is 98.5 Å². The number of methoxy groups -OCH3 is 1. The van der Waals surface area contributed by atoms with Crippen molar-refractivity contribution in [2.75, 3.05) is 18.7 Å². The second-order valence-corrected chi connectivity index (χ2v) is 3.84. The molecular weight excluding hydrogens is 228 g/mol. The first-order valence-electron chi connectivity index (χ1n) is 4.85.